The SMILES string of the molecule is Cc1nn(CC2=CC=C(C(F)(F)F)CC2C(F)(F)F)c2ccc(/C=C3\SC(N4CCO[C@H](CO)C4)=NC3=O)cc12. The number of aliphatic hydroxyl groups excluding tert-OH is 1. The Hall–Kier alpha value is -3.10. The summed E-state index contributed by atoms with van der Waals surface area (Å²) in [6.45, 7) is 2.56. The number of hydrogen-bond acceptors (Lipinski definition) is 6. The predicted octanol–water partition coefficient (Wildman–Crippen LogP) is 5.01. The van der Waals surface area contributed by atoms with Gasteiger partial charge >= 0.3 is 12.4 Å². The van der Waals surface area contributed by atoms with Crippen LogP contribution in [-0.2, 0) is 16.1 Å². The second kappa shape index (κ2) is 10.7. The van der Waals surface area contributed by atoms with Gasteiger partial charge < -0.3 is 14.7 Å². The molecule has 1 amide bonds. The van der Waals surface area contributed by atoms with E-state index in [9.17, 15) is 36.2 Å². The minimum Gasteiger partial charge on any atom is -0.394 e. The molecular formula is C26H24F6N4O3S. The summed E-state index contributed by atoms with van der Waals surface area (Å²) < 4.78 is 87.2. The first-order valence-corrected chi connectivity index (χ1v) is 13.2. The number of carbonyl (C=O) groups is 1. The number of amidine groups is 1. The van der Waals surface area contributed by atoms with Crippen LogP contribution in [0.4, 0.5) is 26.3 Å². The molecule has 1 saturated heterocycles. The van der Waals surface area contributed by atoms with Gasteiger partial charge in [0.05, 0.1) is 47.9 Å². The van der Waals surface area contributed by atoms with E-state index in [0.29, 0.717) is 58.0 Å². The minimum absolute atomic E-state index is 0.141. The van der Waals surface area contributed by atoms with E-state index in [1.165, 1.54) is 16.4 Å². The Bertz CT molecular complexity index is 1460. The van der Waals surface area contributed by atoms with E-state index in [2.05, 4.69) is 10.1 Å². The number of aryl methyl sites for hydroxylation is 1. The fourth-order valence-electron chi connectivity index (χ4n) is 4.87. The van der Waals surface area contributed by atoms with Gasteiger partial charge in [-0.2, -0.15) is 36.4 Å². The van der Waals surface area contributed by atoms with E-state index in [1.807, 2.05) is 4.90 Å². The van der Waals surface area contributed by atoms with Gasteiger partial charge in [-0.25, -0.2) is 0 Å². The standard InChI is InChI=1S/C26H24F6N4O3S/c1-14-19-8-15(9-22-23(38)33-24(40-22)35-6-7-39-18(12-35)13-37)2-5-21(19)36(34-14)11-16-3-4-17(25(27,28)29)10-20(16)26(30,31)32/h2-5,8-9,18,20,37H,6-7,10-13H2,1H3/b22-9-/t18-,20?/m0/s1. The number of morpholine rings is 1. The number of fused-ring (bicyclic) bond motifs is 1. The van der Waals surface area contributed by atoms with Gasteiger partial charge in [0.25, 0.3) is 5.91 Å². The molecule has 3 aliphatic rings. The van der Waals surface area contributed by atoms with E-state index in [4.69, 9.17) is 4.74 Å². The molecule has 2 atom stereocenters. The number of aliphatic hydroxyl groups is 1. The fraction of sp³-hybridized carbons (Fsp3) is 0.423. The summed E-state index contributed by atoms with van der Waals surface area (Å²) >= 11 is 1.20. The zero-order chi connectivity index (χ0) is 28.8. The van der Waals surface area contributed by atoms with Gasteiger partial charge in [-0.1, -0.05) is 18.2 Å². The summed E-state index contributed by atoms with van der Waals surface area (Å²) in [5.41, 5.74) is 0.261. The Kier molecular flexibility index (Phi) is 7.61. The molecule has 2 aromatic rings. The normalized spacial score (nSPS) is 23.6. The number of amides is 1. The van der Waals surface area contributed by atoms with Crippen LogP contribution in [-0.4, -0.2) is 75.6 Å². The number of allylic oxidation sites excluding steroid dienone is 4. The van der Waals surface area contributed by atoms with E-state index in [-0.39, 0.29) is 24.8 Å². The van der Waals surface area contributed by atoms with Crippen LogP contribution in [0.3, 0.4) is 0 Å². The molecule has 40 heavy (non-hydrogen) atoms. The zero-order valence-corrected chi connectivity index (χ0v) is 21.9. The Labute approximate surface area is 228 Å². The first-order chi connectivity index (χ1) is 18.8. The van der Waals surface area contributed by atoms with Crippen molar-refractivity contribution in [3.63, 3.8) is 0 Å². The van der Waals surface area contributed by atoms with Crippen LogP contribution in [0.2, 0.25) is 0 Å². The number of thioether (sulfide) groups is 1. The summed E-state index contributed by atoms with van der Waals surface area (Å²) in [4.78, 5) is 19.0. The van der Waals surface area contributed by atoms with Crippen LogP contribution in [0.15, 0.2) is 51.4 Å². The third-order valence-corrected chi connectivity index (χ3v) is 7.99. The van der Waals surface area contributed by atoms with Crippen LogP contribution >= 0.6 is 11.8 Å². The fourth-order valence-corrected chi connectivity index (χ4v) is 5.82. The molecule has 1 unspecified atom stereocenters. The maximum absolute atomic E-state index is 13.7. The molecular weight excluding hydrogens is 562 g/mol. The largest absolute Gasteiger partial charge is 0.412 e. The van der Waals surface area contributed by atoms with Crippen molar-refractivity contribution in [1.29, 1.82) is 0 Å². The number of benzene rings is 1. The molecule has 1 aromatic heterocycles. The highest BCUT2D eigenvalue weighted by Crippen LogP contribution is 2.44. The monoisotopic (exact) mass is 586 g/mol. The molecule has 7 nitrogen and oxygen atoms in total. The molecule has 14 heteroatoms. The summed E-state index contributed by atoms with van der Waals surface area (Å²) in [6, 6.07) is 5.10. The number of carbonyl (C=O) groups excluding carboxylic acids is 1. The van der Waals surface area contributed by atoms with Gasteiger partial charge in [0, 0.05) is 24.0 Å². The Morgan fingerprint density at radius 1 is 1.20 bits per heavy atom. The highest BCUT2D eigenvalue weighted by molar-refractivity contribution is 8.18. The lowest BCUT2D eigenvalue weighted by Gasteiger charge is -2.32. The summed E-state index contributed by atoms with van der Waals surface area (Å²) in [6.07, 6.45) is -7.95. The van der Waals surface area contributed by atoms with Crippen molar-refractivity contribution < 1.29 is 41.0 Å². The lowest BCUT2D eigenvalue weighted by atomic mass is 9.86. The summed E-state index contributed by atoms with van der Waals surface area (Å²) in [7, 11) is 0. The van der Waals surface area contributed by atoms with Crippen LogP contribution < -0.4 is 0 Å². The zero-order valence-electron chi connectivity index (χ0n) is 21.1. The van der Waals surface area contributed by atoms with E-state index >= 15 is 0 Å². The molecule has 1 N–H and O–H groups in total. The average molecular weight is 587 g/mol. The van der Waals surface area contributed by atoms with Crippen LogP contribution in [0.5, 0.6) is 0 Å². The van der Waals surface area contributed by atoms with Gasteiger partial charge in [0.1, 0.15) is 0 Å². The second-order valence-corrected chi connectivity index (χ2v) is 10.7. The van der Waals surface area contributed by atoms with Crippen molar-refractivity contribution in [2.45, 2.75) is 38.3 Å². The Balaban J connectivity index is 1.38. The van der Waals surface area contributed by atoms with Crippen molar-refractivity contribution >= 4 is 39.8 Å². The number of hydrogen-bond donors (Lipinski definition) is 1. The summed E-state index contributed by atoms with van der Waals surface area (Å²) in [5, 5.41) is 14.9. The van der Waals surface area contributed by atoms with Gasteiger partial charge in [0.2, 0.25) is 0 Å². The predicted molar refractivity (Wildman–Crippen MR) is 137 cm³/mol. The molecule has 1 fully saturated rings. The maximum atomic E-state index is 13.7. The molecule has 3 heterocycles. The second-order valence-electron chi connectivity index (χ2n) is 9.68. The topological polar surface area (TPSA) is 80.0 Å². The van der Waals surface area contributed by atoms with Gasteiger partial charge in [-0.3, -0.25) is 9.48 Å². The highest BCUT2D eigenvalue weighted by atomic mass is 32.2. The number of aliphatic imine (C=N–C) groups is 1. The number of ether oxygens (including phenoxy) is 1. The molecule has 0 spiro atoms. The van der Waals surface area contributed by atoms with Crippen molar-refractivity contribution in [3.8, 4) is 0 Å². The lowest BCUT2D eigenvalue weighted by Crippen LogP contribution is -2.45. The first-order valence-electron chi connectivity index (χ1n) is 12.3. The van der Waals surface area contributed by atoms with Gasteiger partial charge in [-0.05, 0) is 54.5 Å². The number of halogens is 6. The van der Waals surface area contributed by atoms with Gasteiger partial charge in [-0.15, -0.1) is 0 Å². The molecule has 1 aliphatic carbocycles. The van der Waals surface area contributed by atoms with Crippen LogP contribution in [0.25, 0.3) is 17.0 Å². The molecule has 214 valence electrons. The molecule has 0 bridgehead atoms. The molecule has 2 aliphatic heterocycles. The quantitative estimate of drug-likeness (QED) is 0.401. The summed E-state index contributed by atoms with van der Waals surface area (Å²) in [5.74, 6) is -2.68. The van der Waals surface area contributed by atoms with E-state index in [0.717, 1.165) is 6.08 Å². The van der Waals surface area contributed by atoms with E-state index < -0.39 is 36.2 Å². The molecule has 5 rings (SSSR count). The Morgan fingerprint density at radius 3 is 2.67 bits per heavy atom. The number of aromatic nitrogens is 2. The smallest absolute Gasteiger partial charge is 0.394 e. The molecule has 0 radical (unpaired) electrons. The van der Waals surface area contributed by atoms with Crippen molar-refractivity contribution in [3.05, 3.63) is 57.7 Å². The molecule has 0 saturated carbocycles. The van der Waals surface area contributed by atoms with Crippen LogP contribution in [0.1, 0.15) is 17.7 Å². The maximum Gasteiger partial charge on any atom is 0.412 e. The van der Waals surface area contributed by atoms with Crippen molar-refractivity contribution in [2.24, 2.45) is 10.9 Å². The van der Waals surface area contributed by atoms with Gasteiger partial charge in [0.15, 0.2) is 5.17 Å². The Morgan fingerprint density at radius 2 is 1.98 bits per heavy atom. The number of nitrogens with zero attached hydrogens (tertiary/aromatic N) is 4. The lowest BCUT2D eigenvalue weighted by molar-refractivity contribution is -0.169. The third kappa shape index (κ3) is 5.84. The third-order valence-electron chi connectivity index (χ3n) is 6.94. The van der Waals surface area contributed by atoms with Crippen molar-refractivity contribution in [2.75, 3.05) is 26.3 Å². The van der Waals surface area contributed by atoms with Crippen LogP contribution in [0, 0.1) is 12.8 Å². The average Bonchev–Trinajstić information content (AvgIpc) is 3.41. The number of alkyl halides is 6. The minimum atomic E-state index is -4.85. The van der Waals surface area contributed by atoms with E-state index in [1.54, 1.807) is 31.2 Å². The first kappa shape index (κ1) is 28.4. The van der Waals surface area contributed by atoms with Crippen molar-refractivity contribution in [1.82, 2.24) is 14.7 Å². The highest BCUT2D eigenvalue weighted by Gasteiger charge is 2.47. The molecule has 1 aromatic carbocycles. The number of rotatable bonds is 4.